The standard InChI is InChI=1S/C23H18ClFN6O2/c24-20-7-4-8-21(25)19(20)15-33-18-11-9-16(10-12-18)13-26-27-22(32)14-31-29-23(28-30-31)17-5-2-1-3-6-17/h1-13H,14-15H2,(H,27,32). The predicted octanol–water partition coefficient (Wildman–Crippen LogP) is 3.86. The Hall–Kier alpha value is -4.11. The van der Waals surface area contributed by atoms with Gasteiger partial charge in [-0.05, 0) is 47.2 Å². The second kappa shape index (κ2) is 10.5. The molecule has 3 aromatic carbocycles. The van der Waals surface area contributed by atoms with Crippen molar-refractivity contribution in [2.24, 2.45) is 5.10 Å². The Morgan fingerprint density at radius 1 is 1.09 bits per heavy atom. The highest BCUT2D eigenvalue weighted by atomic mass is 35.5. The van der Waals surface area contributed by atoms with Gasteiger partial charge in [0.15, 0.2) is 0 Å². The van der Waals surface area contributed by atoms with Crippen LogP contribution in [0.2, 0.25) is 5.02 Å². The molecule has 0 aliphatic heterocycles. The first-order valence-electron chi connectivity index (χ1n) is 9.89. The summed E-state index contributed by atoms with van der Waals surface area (Å²) < 4.78 is 19.4. The van der Waals surface area contributed by atoms with Gasteiger partial charge in [0.05, 0.1) is 11.2 Å². The van der Waals surface area contributed by atoms with Crippen LogP contribution in [0.25, 0.3) is 11.4 Å². The van der Waals surface area contributed by atoms with E-state index in [0.717, 1.165) is 11.1 Å². The van der Waals surface area contributed by atoms with E-state index in [2.05, 4.69) is 25.9 Å². The molecule has 1 amide bonds. The molecule has 0 saturated heterocycles. The van der Waals surface area contributed by atoms with Crippen molar-refractivity contribution in [1.82, 2.24) is 25.6 Å². The van der Waals surface area contributed by atoms with Crippen LogP contribution in [0, 0.1) is 5.82 Å². The van der Waals surface area contributed by atoms with E-state index in [1.165, 1.54) is 17.1 Å². The number of carbonyl (C=O) groups is 1. The zero-order chi connectivity index (χ0) is 23.0. The number of nitrogens with zero attached hydrogens (tertiary/aromatic N) is 5. The fourth-order valence-corrected chi connectivity index (χ4v) is 3.05. The molecular formula is C23H18ClFN6O2. The maximum atomic E-state index is 13.8. The molecular weight excluding hydrogens is 447 g/mol. The molecule has 1 N–H and O–H groups in total. The minimum atomic E-state index is -0.417. The first-order chi connectivity index (χ1) is 16.1. The Balaban J connectivity index is 1.26. The number of rotatable bonds is 8. The van der Waals surface area contributed by atoms with Crippen LogP contribution in [-0.2, 0) is 17.9 Å². The van der Waals surface area contributed by atoms with Crippen LogP contribution < -0.4 is 10.2 Å². The third-order valence-electron chi connectivity index (χ3n) is 4.50. The van der Waals surface area contributed by atoms with Gasteiger partial charge in [0, 0.05) is 11.1 Å². The highest BCUT2D eigenvalue weighted by Crippen LogP contribution is 2.21. The zero-order valence-corrected chi connectivity index (χ0v) is 18.0. The largest absolute Gasteiger partial charge is 0.489 e. The van der Waals surface area contributed by atoms with Crippen molar-refractivity contribution in [3.05, 3.63) is 94.8 Å². The minimum Gasteiger partial charge on any atom is -0.489 e. The number of amides is 1. The van der Waals surface area contributed by atoms with E-state index in [1.54, 1.807) is 36.4 Å². The number of ether oxygens (including phenoxy) is 1. The summed E-state index contributed by atoms with van der Waals surface area (Å²) in [7, 11) is 0. The summed E-state index contributed by atoms with van der Waals surface area (Å²) in [5.74, 6) is 0.165. The second-order valence-electron chi connectivity index (χ2n) is 6.86. The van der Waals surface area contributed by atoms with Crippen LogP contribution in [0.15, 0.2) is 77.9 Å². The molecule has 8 nitrogen and oxygen atoms in total. The first-order valence-corrected chi connectivity index (χ1v) is 10.3. The van der Waals surface area contributed by atoms with Crippen molar-refractivity contribution in [3.8, 4) is 17.1 Å². The van der Waals surface area contributed by atoms with Gasteiger partial charge in [-0.1, -0.05) is 48.0 Å². The van der Waals surface area contributed by atoms with Gasteiger partial charge in [0.2, 0.25) is 5.82 Å². The van der Waals surface area contributed by atoms with Crippen molar-refractivity contribution >= 4 is 23.7 Å². The van der Waals surface area contributed by atoms with Gasteiger partial charge in [-0.15, -0.1) is 10.2 Å². The lowest BCUT2D eigenvalue weighted by atomic mass is 10.2. The summed E-state index contributed by atoms with van der Waals surface area (Å²) >= 11 is 6.00. The molecule has 0 fully saturated rings. The molecule has 0 radical (unpaired) electrons. The molecule has 0 saturated carbocycles. The van der Waals surface area contributed by atoms with E-state index in [9.17, 15) is 9.18 Å². The fraction of sp³-hybridized carbons (Fsp3) is 0.0870. The molecule has 10 heteroatoms. The molecule has 1 aromatic heterocycles. The molecule has 0 atom stereocenters. The third-order valence-corrected chi connectivity index (χ3v) is 4.85. The van der Waals surface area contributed by atoms with E-state index in [4.69, 9.17) is 16.3 Å². The molecule has 0 bridgehead atoms. The SMILES string of the molecule is O=C(Cn1nnc(-c2ccccc2)n1)NN=Cc1ccc(OCc2c(F)cccc2Cl)cc1. The van der Waals surface area contributed by atoms with Crippen molar-refractivity contribution in [1.29, 1.82) is 0 Å². The van der Waals surface area contributed by atoms with E-state index < -0.39 is 11.7 Å². The topological polar surface area (TPSA) is 94.3 Å². The molecule has 0 aliphatic carbocycles. The summed E-state index contributed by atoms with van der Waals surface area (Å²) in [5.41, 5.74) is 4.26. The van der Waals surface area contributed by atoms with Gasteiger partial charge in [-0.25, -0.2) is 9.82 Å². The van der Waals surface area contributed by atoms with E-state index in [0.29, 0.717) is 22.2 Å². The minimum absolute atomic E-state index is 0.0112. The Kier molecular flexibility index (Phi) is 7.01. The van der Waals surface area contributed by atoms with E-state index in [-0.39, 0.29) is 13.2 Å². The number of aromatic nitrogens is 4. The van der Waals surface area contributed by atoms with Crippen LogP contribution in [0.1, 0.15) is 11.1 Å². The van der Waals surface area contributed by atoms with Crippen molar-refractivity contribution in [2.75, 3.05) is 0 Å². The maximum absolute atomic E-state index is 13.8. The Labute approximate surface area is 193 Å². The lowest BCUT2D eigenvalue weighted by molar-refractivity contribution is -0.122. The van der Waals surface area contributed by atoms with E-state index in [1.807, 2.05) is 30.3 Å². The highest BCUT2D eigenvalue weighted by molar-refractivity contribution is 6.31. The molecule has 166 valence electrons. The fourth-order valence-electron chi connectivity index (χ4n) is 2.83. The summed E-state index contributed by atoms with van der Waals surface area (Å²) in [4.78, 5) is 13.3. The first kappa shape index (κ1) is 22.1. The predicted molar refractivity (Wildman–Crippen MR) is 121 cm³/mol. The van der Waals surface area contributed by atoms with Gasteiger partial charge in [-0.2, -0.15) is 9.90 Å². The second-order valence-corrected chi connectivity index (χ2v) is 7.27. The third kappa shape index (κ3) is 5.98. The highest BCUT2D eigenvalue weighted by Gasteiger charge is 2.09. The summed E-state index contributed by atoms with van der Waals surface area (Å²) in [5, 5.41) is 16.2. The van der Waals surface area contributed by atoms with E-state index >= 15 is 0 Å². The Bertz CT molecular complexity index is 1240. The molecule has 4 aromatic rings. The molecule has 1 heterocycles. The number of tetrazole rings is 1. The van der Waals surface area contributed by atoms with Crippen molar-refractivity contribution in [2.45, 2.75) is 13.2 Å². The number of hydrogen-bond acceptors (Lipinski definition) is 6. The summed E-state index contributed by atoms with van der Waals surface area (Å²) in [6, 6.07) is 20.7. The smallest absolute Gasteiger partial charge is 0.263 e. The molecule has 0 spiro atoms. The number of carbonyl (C=O) groups excluding carboxylic acids is 1. The number of hydrazone groups is 1. The zero-order valence-electron chi connectivity index (χ0n) is 17.2. The summed E-state index contributed by atoms with van der Waals surface area (Å²) in [6.45, 7) is -0.111. The monoisotopic (exact) mass is 464 g/mol. The summed E-state index contributed by atoms with van der Waals surface area (Å²) in [6.07, 6.45) is 1.49. The normalized spacial score (nSPS) is 11.0. The molecule has 4 rings (SSSR count). The molecule has 0 aliphatic rings. The Morgan fingerprint density at radius 3 is 2.64 bits per heavy atom. The van der Waals surface area contributed by atoms with Crippen LogP contribution in [-0.4, -0.2) is 32.3 Å². The number of hydrogen-bond donors (Lipinski definition) is 1. The van der Waals surface area contributed by atoms with Crippen molar-refractivity contribution < 1.29 is 13.9 Å². The van der Waals surface area contributed by atoms with Gasteiger partial charge in [-0.3, -0.25) is 4.79 Å². The maximum Gasteiger partial charge on any atom is 0.263 e. The van der Waals surface area contributed by atoms with Gasteiger partial charge in [0.25, 0.3) is 5.91 Å². The van der Waals surface area contributed by atoms with Crippen LogP contribution in [0.4, 0.5) is 4.39 Å². The van der Waals surface area contributed by atoms with Gasteiger partial charge >= 0.3 is 0 Å². The number of benzene rings is 3. The molecule has 0 unspecified atom stereocenters. The van der Waals surface area contributed by atoms with Crippen LogP contribution in [0.3, 0.4) is 0 Å². The van der Waals surface area contributed by atoms with Crippen LogP contribution >= 0.6 is 11.6 Å². The Morgan fingerprint density at radius 2 is 1.88 bits per heavy atom. The lowest BCUT2D eigenvalue weighted by Crippen LogP contribution is -2.24. The average molecular weight is 465 g/mol. The molecule has 33 heavy (non-hydrogen) atoms. The lowest BCUT2D eigenvalue weighted by Gasteiger charge is -2.08. The number of halogens is 2. The van der Waals surface area contributed by atoms with Crippen molar-refractivity contribution in [3.63, 3.8) is 0 Å². The quantitative estimate of drug-likeness (QED) is 0.315. The average Bonchev–Trinajstić information content (AvgIpc) is 3.29. The number of nitrogens with one attached hydrogen (secondary N) is 1. The van der Waals surface area contributed by atoms with Crippen LogP contribution in [0.5, 0.6) is 5.75 Å². The van der Waals surface area contributed by atoms with Gasteiger partial charge < -0.3 is 4.74 Å². The van der Waals surface area contributed by atoms with Gasteiger partial charge in [0.1, 0.15) is 24.7 Å².